The fraction of sp³-hybridized carbons (Fsp3) is 0.421. The predicted octanol–water partition coefficient (Wildman–Crippen LogP) is 2.25. The molecule has 1 spiro atoms. The zero-order valence-electron chi connectivity index (χ0n) is 14.2. The molecule has 25 heavy (non-hydrogen) atoms. The van der Waals surface area contributed by atoms with Crippen molar-refractivity contribution in [2.45, 2.75) is 38.0 Å². The third-order valence-electron chi connectivity index (χ3n) is 5.39. The van der Waals surface area contributed by atoms with Crippen molar-refractivity contribution >= 4 is 23.4 Å². The van der Waals surface area contributed by atoms with Gasteiger partial charge in [-0.15, -0.1) is 0 Å². The number of esters is 1. The zero-order chi connectivity index (χ0) is 17.6. The lowest BCUT2D eigenvalue weighted by molar-refractivity contribution is -0.149. The number of carbonyl (C=O) groups excluding carboxylic acids is 2. The summed E-state index contributed by atoms with van der Waals surface area (Å²) in [6.07, 6.45) is 3.51. The number of fused-ring (bicyclic) bond motifs is 3. The molecular weight excluding hydrogens is 318 g/mol. The molecule has 3 N–H and O–H groups in total. The molecule has 2 atom stereocenters. The standard InChI is InChI=1S/C19H21N3O3/c1-2-25-17(23)15-16(20)21-13-9-5-3-7-11(13)19(15)12-8-4-6-10-14(12)22-18(19)24/h4,6,8,10,15H,2-3,5,7,9H2,1H3,(H2,20,21)(H,22,24). The lowest BCUT2D eigenvalue weighted by Crippen LogP contribution is -2.55. The van der Waals surface area contributed by atoms with Crippen LogP contribution in [0.25, 0.3) is 0 Å². The van der Waals surface area contributed by atoms with Gasteiger partial charge in [-0.25, -0.2) is 4.99 Å². The maximum atomic E-state index is 13.3. The van der Waals surface area contributed by atoms with Crippen LogP contribution < -0.4 is 11.1 Å². The summed E-state index contributed by atoms with van der Waals surface area (Å²) in [6.45, 7) is 1.97. The van der Waals surface area contributed by atoms with Gasteiger partial charge in [-0.1, -0.05) is 18.2 Å². The Hall–Kier alpha value is -2.63. The molecule has 2 unspecified atom stereocenters. The summed E-state index contributed by atoms with van der Waals surface area (Å²) >= 11 is 0. The highest BCUT2D eigenvalue weighted by atomic mass is 16.5. The van der Waals surface area contributed by atoms with Gasteiger partial charge in [0.2, 0.25) is 5.91 Å². The van der Waals surface area contributed by atoms with Crippen LogP contribution in [-0.2, 0) is 19.7 Å². The number of hydrogen-bond acceptors (Lipinski definition) is 5. The molecule has 0 aromatic heterocycles. The molecule has 0 saturated heterocycles. The number of amidine groups is 1. The second-order valence-corrected chi connectivity index (χ2v) is 6.66. The van der Waals surface area contributed by atoms with E-state index in [2.05, 4.69) is 10.3 Å². The second kappa shape index (κ2) is 5.72. The van der Waals surface area contributed by atoms with Crippen molar-refractivity contribution in [1.29, 1.82) is 0 Å². The Morgan fingerprint density at radius 2 is 2.12 bits per heavy atom. The molecular formula is C19H21N3O3. The van der Waals surface area contributed by atoms with Crippen LogP contribution in [0.2, 0.25) is 0 Å². The number of benzene rings is 1. The smallest absolute Gasteiger partial charge is 0.318 e. The van der Waals surface area contributed by atoms with Crippen LogP contribution >= 0.6 is 0 Å². The first kappa shape index (κ1) is 15.9. The summed E-state index contributed by atoms with van der Waals surface area (Å²) in [5, 5.41) is 2.95. The van der Waals surface area contributed by atoms with Gasteiger partial charge in [0.1, 0.15) is 17.2 Å². The highest BCUT2D eigenvalue weighted by Gasteiger charge is 2.61. The Labute approximate surface area is 146 Å². The van der Waals surface area contributed by atoms with Crippen molar-refractivity contribution < 1.29 is 14.3 Å². The summed E-state index contributed by atoms with van der Waals surface area (Å²) < 4.78 is 5.28. The van der Waals surface area contributed by atoms with Gasteiger partial charge < -0.3 is 15.8 Å². The van der Waals surface area contributed by atoms with Crippen molar-refractivity contribution in [2.75, 3.05) is 11.9 Å². The van der Waals surface area contributed by atoms with Gasteiger partial charge in [0, 0.05) is 11.4 Å². The summed E-state index contributed by atoms with van der Waals surface area (Å²) in [5.74, 6) is -1.45. The molecule has 0 fully saturated rings. The Morgan fingerprint density at radius 3 is 2.92 bits per heavy atom. The maximum Gasteiger partial charge on any atom is 0.318 e. The average Bonchev–Trinajstić information content (AvgIpc) is 2.88. The molecule has 2 heterocycles. The Bertz CT molecular complexity index is 827. The third-order valence-corrected chi connectivity index (χ3v) is 5.39. The molecule has 130 valence electrons. The van der Waals surface area contributed by atoms with E-state index in [1.165, 1.54) is 0 Å². The van der Waals surface area contributed by atoms with Gasteiger partial charge in [-0.3, -0.25) is 9.59 Å². The highest BCUT2D eigenvalue weighted by molar-refractivity contribution is 6.18. The fourth-order valence-electron chi connectivity index (χ4n) is 4.44. The molecule has 6 nitrogen and oxygen atoms in total. The number of ether oxygens (including phenoxy) is 1. The van der Waals surface area contributed by atoms with Gasteiger partial charge >= 0.3 is 5.97 Å². The number of aliphatic imine (C=N–C) groups is 1. The predicted molar refractivity (Wildman–Crippen MR) is 94.0 cm³/mol. The number of amides is 1. The quantitative estimate of drug-likeness (QED) is 0.808. The van der Waals surface area contributed by atoms with E-state index in [4.69, 9.17) is 10.5 Å². The number of rotatable bonds is 2. The van der Waals surface area contributed by atoms with E-state index in [0.717, 1.165) is 48.2 Å². The Balaban J connectivity index is 2.00. The molecule has 0 radical (unpaired) electrons. The first-order valence-electron chi connectivity index (χ1n) is 8.74. The van der Waals surface area contributed by atoms with E-state index < -0.39 is 17.3 Å². The van der Waals surface area contributed by atoms with Gasteiger partial charge in [0.15, 0.2) is 0 Å². The van der Waals surface area contributed by atoms with E-state index >= 15 is 0 Å². The Morgan fingerprint density at radius 1 is 1.36 bits per heavy atom. The SMILES string of the molecule is CCOC(=O)C1C(N)=NC2=C(CCCC2)C12C(=O)Nc1ccccc12. The van der Waals surface area contributed by atoms with Crippen molar-refractivity contribution in [2.24, 2.45) is 16.6 Å². The summed E-state index contributed by atoms with van der Waals surface area (Å²) in [6, 6.07) is 7.51. The van der Waals surface area contributed by atoms with Crippen molar-refractivity contribution in [3.8, 4) is 0 Å². The average molecular weight is 339 g/mol. The number of nitrogens with two attached hydrogens (primary N) is 1. The van der Waals surface area contributed by atoms with E-state index in [-0.39, 0.29) is 18.3 Å². The highest BCUT2D eigenvalue weighted by Crippen LogP contribution is 2.54. The molecule has 1 aliphatic carbocycles. The molecule has 1 aromatic rings. The van der Waals surface area contributed by atoms with Crippen LogP contribution in [0.15, 0.2) is 40.5 Å². The minimum atomic E-state index is -1.13. The van der Waals surface area contributed by atoms with Crippen LogP contribution in [0, 0.1) is 5.92 Å². The number of allylic oxidation sites excluding steroid dienone is 1. The van der Waals surface area contributed by atoms with Crippen molar-refractivity contribution in [3.63, 3.8) is 0 Å². The maximum absolute atomic E-state index is 13.3. The summed E-state index contributed by atoms with van der Waals surface area (Å²) in [7, 11) is 0. The topological polar surface area (TPSA) is 93.8 Å². The molecule has 4 rings (SSSR count). The van der Waals surface area contributed by atoms with Gasteiger partial charge in [0.05, 0.1) is 6.61 Å². The summed E-state index contributed by atoms with van der Waals surface area (Å²) in [5.41, 5.74) is 8.40. The lowest BCUT2D eigenvalue weighted by atomic mass is 9.61. The molecule has 0 saturated carbocycles. The molecule has 3 aliphatic rings. The molecule has 1 aromatic carbocycles. The van der Waals surface area contributed by atoms with E-state index in [1.807, 2.05) is 24.3 Å². The third kappa shape index (κ3) is 2.06. The van der Waals surface area contributed by atoms with Crippen LogP contribution in [0.5, 0.6) is 0 Å². The number of carbonyl (C=O) groups is 2. The molecule has 2 aliphatic heterocycles. The number of nitrogens with one attached hydrogen (secondary N) is 1. The van der Waals surface area contributed by atoms with Gasteiger partial charge in [0.25, 0.3) is 0 Å². The summed E-state index contributed by atoms with van der Waals surface area (Å²) in [4.78, 5) is 30.6. The van der Waals surface area contributed by atoms with Crippen LogP contribution in [-0.4, -0.2) is 24.3 Å². The lowest BCUT2D eigenvalue weighted by Gasteiger charge is -2.41. The monoisotopic (exact) mass is 339 g/mol. The minimum absolute atomic E-state index is 0.172. The Kier molecular flexibility index (Phi) is 3.63. The largest absolute Gasteiger partial charge is 0.465 e. The molecule has 1 amide bonds. The van der Waals surface area contributed by atoms with Crippen LogP contribution in [0.1, 0.15) is 38.2 Å². The number of hydrogen-bond donors (Lipinski definition) is 2. The normalized spacial score (nSPS) is 27.5. The minimum Gasteiger partial charge on any atom is -0.465 e. The van der Waals surface area contributed by atoms with Crippen molar-refractivity contribution in [1.82, 2.24) is 0 Å². The first-order chi connectivity index (χ1) is 12.1. The molecule has 6 heteroatoms. The van der Waals surface area contributed by atoms with E-state index in [9.17, 15) is 9.59 Å². The first-order valence-corrected chi connectivity index (χ1v) is 8.74. The van der Waals surface area contributed by atoms with Crippen molar-refractivity contribution in [3.05, 3.63) is 41.1 Å². The number of anilines is 1. The molecule has 0 bridgehead atoms. The fourth-order valence-corrected chi connectivity index (χ4v) is 4.44. The number of para-hydroxylation sites is 1. The number of nitrogens with zero attached hydrogens (tertiary/aromatic N) is 1. The van der Waals surface area contributed by atoms with Crippen LogP contribution in [0.4, 0.5) is 5.69 Å². The van der Waals surface area contributed by atoms with E-state index in [1.54, 1.807) is 6.92 Å². The van der Waals surface area contributed by atoms with E-state index in [0.29, 0.717) is 0 Å². The zero-order valence-corrected chi connectivity index (χ0v) is 14.2. The van der Waals surface area contributed by atoms with Gasteiger partial charge in [-0.2, -0.15) is 0 Å². The second-order valence-electron chi connectivity index (χ2n) is 6.66. The van der Waals surface area contributed by atoms with Gasteiger partial charge in [-0.05, 0) is 49.8 Å². The van der Waals surface area contributed by atoms with Crippen LogP contribution in [0.3, 0.4) is 0 Å².